The number of nitrogens with zero attached hydrogens (tertiary/aromatic N) is 1. The van der Waals surface area contributed by atoms with Crippen LogP contribution in [0.15, 0.2) is 11.6 Å². The van der Waals surface area contributed by atoms with Gasteiger partial charge >= 0.3 is 5.97 Å². The Kier molecular flexibility index (Phi) is 7.69. The van der Waals surface area contributed by atoms with E-state index in [0.717, 1.165) is 19.3 Å². The van der Waals surface area contributed by atoms with Crippen molar-refractivity contribution in [3.05, 3.63) is 21.8 Å². The van der Waals surface area contributed by atoms with Crippen LogP contribution in [0.5, 0.6) is 0 Å². The molecule has 124 valence electrons. The molecule has 1 aliphatic rings. The summed E-state index contributed by atoms with van der Waals surface area (Å²) < 4.78 is 0. The number of nitrogens with one attached hydrogen (secondary N) is 1. The van der Waals surface area contributed by atoms with E-state index in [-0.39, 0.29) is 19.3 Å². The van der Waals surface area contributed by atoms with Crippen molar-refractivity contribution >= 4 is 11.8 Å². The van der Waals surface area contributed by atoms with E-state index in [0.29, 0.717) is 18.7 Å². The van der Waals surface area contributed by atoms with Gasteiger partial charge in [-0.1, -0.05) is 18.1 Å². The molecule has 0 fully saturated rings. The first-order chi connectivity index (χ1) is 10.5. The van der Waals surface area contributed by atoms with Gasteiger partial charge in [-0.05, 0) is 32.4 Å². The third kappa shape index (κ3) is 5.90. The summed E-state index contributed by atoms with van der Waals surface area (Å²) in [6, 6.07) is -2.02. The molecule has 22 heavy (non-hydrogen) atoms. The standard InChI is InChI=1S/C14H23N3O5/c15-6-2-1-3-7-16-11(14(19)20)8-10-4-5-13(18)12(9-10)17(21)22/h4,11-12,16H,1-3,5-9,15H2,(H,19,20). The summed E-state index contributed by atoms with van der Waals surface area (Å²) in [5.74, 6) is -1.41. The smallest absolute Gasteiger partial charge is 0.321 e. The van der Waals surface area contributed by atoms with E-state index in [1.54, 1.807) is 6.08 Å². The first kappa shape index (κ1) is 18.2. The number of hydrogen-bond acceptors (Lipinski definition) is 6. The lowest BCUT2D eigenvalue weighted by atomic mass is 9.90. The lowest BCUT2D eigenvalue weighted by Crippen LogP contribution is -2.39. The van der Waals surface area contributed by atoms with Crippen LogP contribution in [0.25, 0.3) is 0 Å². The van der Waals surface area contributed by atoms with E-state index >= 15 is 0 Å². The van der Waals surface area contributed by atoms with Crippen molar-refractivity contribution in [1.29, 1.82) is 0 Å². The highest BCUT2D eigenvalue weighted by atomic mass is 16.6. The van der Waals surface area contributed by atoms with E-state index in [1.807, 2.05) is 0 Å². The van der Waals surface area contributed by atoms with Gasteiger partial charge in [-0.3, -0.25) is 19.7 Å². The van der Waals surface area contributed by atoms with Crippen LogP contribution in [0.3, 0.4) is 0 Å². The first-order valence-electron chi connectivity index (χ1n) is 7.46. The maximum absolute atomic E-state index is 11.4. The second-order valence-electron chi connectivity index (χ2n) is 5.44. The summed E-state index contributed by atoms with van der Waals surface area (Å²) in [4.78, 5) is 32.9. The predicted molar refractivity (Wildman–Crippen MR) is 80.1 cm³/mol. The van der Waals surface area contributed by atoms with E-state index in [1.165, 1.54) is 0 Å². The molecule has 0 spiro atoms. The average Bonchev–Trinajstić information content (AvgIpc) is 2.47. The Morgan fingerprint density at radius 1 is 1.50 bits per heavy atom. The van der Waals surface area contributed by atoms with Gasteiger partial charge in [0.15, 0.2) is 0 Å². The number of nitrogens with two attached hydrogens (primary N) is 1. The largest absolute Gasteiger partial charge is 0.480 e. The average molecular weight is 313 g/mol. The van der Waals surface area contributed by atoms with Crippen LogP contribution in [0.4, 0.5) is 0 Å². The fourth-order valence-corrected chi connectivity index (χ4v) is 2.42. The van der Waals surface area contributed by atoms with Crippen molar-refractivity contribution in [3.8, 4) is 0 Å². The van der Waals surface area contributed by atoms with Crippen LogP contribution in [-0.4, -0.2) is 47.0 Å². The number of unbranched alkanes of at least 4 members (excludes halogenated alkanes) is 2. The quantitative estimate of drug-likeness (QED) is 0.231. The maximum atomic E-state index is 11.4. The van der Waals surface area contributed by atoms with Crippen molar-refractivity contribution in [2.45, 2.75) is 50.6 Å². The van der Waals surface area contributed by atoms with Crippen molar-refractivity contribution in [2.75, 3.05) is 13.1 Å². The number of carboxylic acid groups (broad SMARTS) is 1. The topological polar surface area (TPSA) is 136 Å². The van der Waals surface area contributed by atoms with Gasteiger partial charge in [-0.2, -0.15) is 0 Å². The second kappa shape index (κ2) is 9.26. The third-order valence-corrected chi connectivity index (χ3v) is 3.71. The van der Waals surface area contributed by atoms with Gasteiger partial charge in [0, 0.05) is 17.8 Å². The number of ketones is 1. The molecule has 0 heterocycles. The highest BCUT2D eigenvalue weighted by Crippen LogP contribution is 2.22. The van der Waals surface area contributed by atoms with E-state index in [4.69, 9.17) is 5.73 Å². The van der Waals surface area contributed by atoms with Crippen LogP contribution < -0.4 is 11.1 Å². The molecular weight excluding hydrogens is 290 g/mol. The molecule has 1 aliphatic carbocycles. The summed E-state index contributed by atoms with van der Waals surface area (Å²) >= 11 is 0. The molecule has 0 aromatic rings. The van der Waals surface area contributed by atoms with Crippen LogP contribution >= 0.6 is 0 Å². The zero-order valence-electron chi connectivity index (χ0n) is 12.5. The lowest BCUT2D eigenvalue weighted by molar-refractivity contribution is -0.507. The molecule has 0 aliphatic heterocycles. The highest BCUT2D eigenvalue weighted by Gasteiger charge is 2.34. The number of allylic oxidation sites excluding steroid dienone is 1. The molecule has 1 rings (SSSR count). The van der Waals surface area contributed by atoms with Crippen LogP contribution in [-0.2, 0) is 9.59 Å². The fourth-order valence-electron chi connectivity index (χ4n) is 2.42. The predicted octanol–water partition coefficient (Wildman–Crippen LogP) is 0.483. The molecule has 0 aromatic heterocycles. The van der Waals surface area contributed by atoms with Gasteiger partial charge in [0.1, 0.15) is 6.04 Å². The van der Waals surface area contributed by atoms with Crippen molar-refractivity contribution < 1.29 is 19.6 Å². The molecule has 4 N–H and O–H groups in total. The van der Waals surface area contributed by atoms with Gasteiger partial charge in [0.05, 0.1) is 0 Å². The minimum Gasteiger partial charge on any atom is -0.480 e. The minimum absolute atomic E-state index is 0.00379. The molecule has 0 saturated heterocycles. The number of carboxylic acids is 1. The van der Waals surface area contributed by atoms with E-state index < -0.39 is 28.8 Å². The molecule has 0 saturated carbocycles. The van der Waals surface area contributed by atoms with Crippen molar-refractivity contribution in [3.63, 3.8) is 0 Å². The van der Waals surface area contributed by atoms with Gasteiger partial charge in [-0.15, -0.1) is 0 Å². The molecule has 8 heteroatoms. The summed E-state index contributed by atoms with van der Waals surface area (Å²) in [6.45, 7) is 1.17. The molecule has 8 nitrogen and oxygen atoms in total. The van der Waals surface area contributed by atoms with Gasteiger partial charge in [0.25, 0.3) is 6.04 Å². The van der Waals surface area contributed by atoms with Crippen LogP contribution in [0.1, 0.15) is 38.5 Å². The van der Waals surface area contributed by atoms with Gasteiger partial charge < -0.3 is 16.2 Å². The summed E-state index contributed by atoms with van der Waals surface area (Å²) in [7, 11) is 0. The van der Waals surface area contributed by atoms with Gasteiger partial charge in [0.2, 0.25) is 5.78 Å². The monoisotopic (exact) mass is 313 g/mol. The third-order valence-electron chi connectivity index (χ3n) is 3.71. The number of carbonyl (C=O) groups is 2. The fraction of sp³-hybridized carbons (Fsp3) is 0.714. The van der Waals surface area contributed by atoms with Crippen molar-refractivity contribution in [2.24, 2.45) is 5.73 Å². The zero-order chi connectivity index (χ0) is 16.5. The minimum atomic E-state index is -1.24. The molecule has 0 aromatic carbocycles. The Morgan fingerprint density at radius 2 is 2.23 bits per heavy atom. The van der Waals surface area contributed by atoms with Crippen LogP contribution in [0, 0.1) is 10.1 Å². The Hall–Kier alpha value is -1.80. The highest BCUT2D eigenvalue weighted by molar-refractivity contribution is 5.85. The number of hydrogen-bond donors (Lipinski definition) is 3. The van der Waals surface area contributed by atoms with Crippen LogP contribution in [0.2, 0.25) is 0 Å². The number of Topliss-reactive ketones (excluding diaryl/α,β-unsaturated/α-hetero) is 1. The van der Waals surface area contributed by atoms with Crippen molar-refractivity contribution in [1.82, 2.24) is 5.32 Å². The molecule has 2 unspecified atom stereocenters. The number of aliphatic carboxylic acids is 1. The normalized spacial score (nSPS) is 19.6. The van der Waals surface area contributed by atoms with E-state index in [2.05, 4.69) is 5.32 Å². The van der Waals surface area contributed by atoms with E-state index in [9.17, 15) is 24.8 Å². The zero-order valence-corrected chi connectivity index (χ0v) is 12.5. The number of carbonyl (C=O) groups excluding carboxylic acids is 1. The maximum Gasteiger partial charge on any atom is 0.321 e. The Bertz CT molecular complexity index is 450. The first-order valence-corrected chi connectivity index (χ1v) is 7.46. The number of nitro groups is 1. The SMILES string of the molecule is NCCCCCNC(CC1=CCC(=O)C([N+](=O)[O-])C1)C(=O)O. The summed E-state index contributed by atoms with van der Waals surface area (Å²) in [5.41, 5.74) is 6.04. The second-order valence-corrected chi connectivity index (χ2v) is 5.44. The molecule has 0 radical (unpaired) electrons. The Morgan fingerprint density at radius 3 is 2.82 bits per heavy atom. The molecule has 2 atom stereocenters. The Balaban J connectivity index is 2.51. The lowest BCUT2D eigenvalue weighted by Gasteiger charge is -2.20. The number of rotatable bonds is 10. The summed E-state index contributed by atoms with van der Waals surface area (Å²) in [5, 5.41) is 23.0. The molecule has 0 amide bonds. The van der Waals surface area contributed by atoms with Gasteiger partial charge in [-0.25, -0.2) is 0 Å². The summed E-state index contributed by atoms with van der Waals surface area (Å²) in [6.07, 6.45) is 4.47. The Labute approximate surface area is 128 Å². The molecule has 0 bridgehead atoms. The molecular formula is C14H23N3O5.